The van der Waals surface area contributed by atoms with E-state index in [9.17, 15) is 19.1 Å². The van der Waals surface area contributed by atoms with Crippen molar-refractivity contribution in [1.82, 2.24) is 14.7 Å². The van der Waals surface area contributed by atoms with E-state index in [4.69, 9.17) is 23.2 Å². The van der Waals surface area contributed by atoms with Crippen molar-refractivity contribution in [2.75, 3.05) is 45.9 Å². The zero-order valence-corrected chi connectivity index (χ0v) is 23.6. The number of carbonyl (C=O) groups is 2. The molecule has 6 nitrogen and oxygen atoms in total. The van der Waals surface area contributed by atoms with Gasteiger partial charge in [0.15, 0.2) is 0 Å². The van der Waals surface area contributed by atoms with Gasteiger partial charge in [0.25, 0.3) is 5.91 Å². The number of alkyl halides is 1. The Hall–Kier alpha value is -2.19. The Kier molecular flexibility index (Phi) is 9.12. The summed E-state index contributed by atoms with van der Waals surface area (Å²) in [5, 5.41) is 10.9. The van der Waals surface area contributed by atoms with Gasteiger partial charge in [0.05, 0.1) is 6.10 Å². The number of aliphatic hydroxyl groups is 1. The van der Waals surface area contributed by atoms with Crippen LogP contribution in [0.15, 0.2) is 36.4 Å². The summed E-state index contributed by atoms with van der Waals surface area (Å²) in [6, 6.07) is 11.4. The molecule has 1 aliphatic carbocycles. The monoisotopic (exact) mass is 575 g/mol. The Bertz CT molecular complexity index is 1160. The van der Waals surface area contributed by atoms with E-state index in [0.717, 1.165) is 55.3 Å². The maximum atomic E-state index is 13.2. The van der Waals surface area contributed by atoms with Gasteiger partial charge in [-0.1, -0.05) is 35.3 Å². The number of carbonyl (C=O) groups excluding carboxylic acids is 2. The highest BCUT2D eigenvalue weighted by Gasteiger charge is 2.37. The van der Waals surface area contributed by atoms with Gasteiger partial charge in [-0.25, -0.2) is 4.39 Å². The van der Waals surface area contributed by atoms with Gasteiger partial charge >= 0.3 is 0 Å². The highest BCUT2D eigenvalue weighted by Crippen LogP contribution is 2.36. The number of amides is 2. The van der Waals surface area contributed by atoms with Crippen molar-refractivity contribution in [2.45, 2.75) is 50.7 Å². The van der Waals surface area contributed by atoms with Crippen LogP contribution in [0.3, 0.4) is 0 Å². The number of rotatable bonds is 7. The van der Waals surface area contributed by atoms with Crippen LogP contribution in [0.4, 0.5) is 4.39 Å². The van der Waals surface area contributed by atoms with E-state index < -0.39 is 0 Å². The van der Waals surface area contributed by atoms with E-state index in [1.165, 1.54) is 0 Å². The lowest BCUT2D eigenvalue weighted by Gasteiger charge is -2.34. The minimum absolute atomic E-state index is 0.0208. The molecule has 2 aromatic carbocycles. The van der Waals surface area contributed by atoms with E-state index in [2.05, 4.69) is 0 Å². The molecule has 2 saturated heterocycles. The average molecular weight is 577 g/mol. The molecule has 9 heteroatoms. The molecule has 0 aromatic heterocycles. The van der Waals surface area contributed by atoms with Crippen LogP contribution in [0, 0.1) is 5.92 Å². The number of benzene rings is 2. The fourth-order valence-electron chi connectivity index (χ4n) is 6.18. The largest absolute Gasteiger partial charge is 0.393 e. The number of nitrogens with zero attached hydrogens (tertiary/aromatic N) is 3. The van der Waals surface area contributed by atoms with Crippen molar-refractivity contribution in [1.29, 1.82) is 0 Å². The maximum absolute atomic E-state index is 13.2. The first-order valence-electron chi connectivity index (χ1n) is 14.0. The average Bonchev–Trinajstić information content (AvgIpc) is 3.31. The van der Waals surface area contributed by atoms with Gasteiger partial charge in [0.1, 0.15) is 6.67 Å². The molecule has 0 radical (unpaired) electrons. The second-order valence-corrected chi connectivity index (χ2v) is 11.8. The first kappa shape index (κ1) is 28.3. The Morgan fingerprint density at radius 1 is 0.897 bits per heavy atom. The summed E-state index contributed by atoms with van der Waals surface area (Å²) in [4.78, 5) is 32.0. The standard InChI is InChI=1S/C30H36Cl2FN3O3/c31-27-18-23(20-1-3-21(4-2-20)29(38)35-15-13-34(12-10-33)14-16-35)19-28(32)26(27)17-22-9-11-36(30(22)39)24-5-7-25(37)8-6-24/h1-4,18-19,22,24-25,37H,5-17H2/t22-,24-,25+/m0/s1. The van der Waals surface area contributed by atoms with E-state index in [0.29, 0.717) is 54.8 Å². The van der Waals surface area contributed by atoms with Crippen molar-refractivity contribution in [3.8, 4) is 11.1 Å². The fourth-order valence-corrected chi connectivity index (χ4v) is 6.82. The molecular formula is C30H36Cl2FN3O3. The van der Waals surface area contributed by atoms with Gasteiger partial charge in [-0.05, 0) is 79.5 Å². The summed E-state index contributed by atoms with van der Waals surface area (Å²) in [7, 11) is 0. The highest BCUT2D eigenvalue weighted by molar-refractivity contribution is 6.36. The lowest BCUT2D eigenvalue weighted by atomic mass is 9.92. The van der Waals surface area contributed by atoms with Crippen LogP contribution in [0.25, 0.3) is 11.1 Å². The zero-order valence-electron chi connectivity index (χ0n) is 22.1. The van der Waals surface area contributed by atoms with Crippen LogP contribution in [0.1, 0.15) is 48.0 Å². The molecule has 1 saturated carbocycles. The van der Waals surface area contributed by atoms with Crippen molar-refractivity contribution in [3.05, 3.63) is 57.6 Å². The van der Waals surface area contributed by atoms with Gasteiger partial charge in [-0.3, -0.25) is 14.5 Å². The molecule has 0 spiro atoms. The van der Waals surface area contributed by atoms with E-state index in [-0.39, 0.29) is 36.6 Å². The van der Waals surface area contributed by atoms with Crippen LogP contribution in [0.5, 0.6) is 0 Å². The molecule has 39 heavy (non-hydrogen) atoms. The molecule has 210 valence electrons. The third kappa shape index (κ3) is 6.43. The SMILES string of the molecule is O=C(c1ccc(-c2cc(Cl)c(C[C@@H]3CCN([C@H]4CC[C@@H](O)CC4)C3=O)c(Cl)c2)cc1)N1CCN(CCF)CC1. The van der Waals surface area contributed by atoms with Crippen LogP contribution < -0.4 is 0 Å². The van der Waals surface area contributed by atoms with E-state index in [1.54, 1.807) is 0 Å². The third-order valence-corrected chi connectivity index (χ3v) is 9.25. The quantitative estimate of drug-likeness (QED) is 0.500. The topological polar surface area (TPSA) is 64.1 Å². The molecular weight excluding hydrogens is 540 g/mol. The van der Waals surface area contributed by atoms with Gasteiger partial charge < -0.3 is 14.9 Å². The summed E-state index contributed by atoms with van der Waals surface area (Å²) in [6.07, 6.45) is 4.28. The van der Waals surface area contributed by atoms with Crippen LogP contribution in [0.2, 0.25) is 10.0 Å². The Morgan fingerprint density at radius 2 is 1.54 bits per heavy atom. The zero-order chi connectivity index (χ0) is 27.5. The van der Waals surface area contributed by atoms with Crippen molar-refractivity contribution in [3.63, 3.8) is 0 Å². The van der Waals surface area contributed by atoms with Crippen LogP contribution >= 0.6 is 23.2 Å². The van der Waals surface area contributed by atoms with Gasteiger partial charge in [-0.2, -0.15) is 0 Å². The molecule has 3 fully saturated rings. The molecule has 0 unspecified atom stereocenters. The molecule has 1 atom stereocenters. The molecule has 2 heterocycles. The second kappa shape index (κ2) is 12.5. The normalized spacial score (nSPS) is 24.4. The van der Waals surface area contributed by atoms with E-state index >= 15 is 0 Å². The first-order chi connectivity index (χ1) is 18.8. The van der Waals surface area contributed by atoms with Crippen molar-refractivity contribution < 1.29 is 19.1 Å². The molecule has 1 N–H and O–H groups in total. The number of halogens is 3. The Labute approximate surface area is 239 Å². The van der Waals surface area contributed by atoms with Gasteiger partial charge in [0.2, 0.25) is 5.91 Å². The lowest BCUT2D eigenvalue weighted by Crippen LogP contribution is -2.49. The summed E-state index contributed by atoms with van der Waals surface area (Å²) in [5.74, 6) is 0.00561. The number of hydrogen-bond donors (Lipinski definition) is 1. The van der Waals surface area contributed by atoms with Crippen LogP contribution in [-0.4, -0.2) is 89.7 Å². The predicted octanol–water partition coefficient (Wildman–Crippen LogP) is 5.08. The summed E-state index contributed by atoms with van der Waals surface area (Å²) >= 11 is 13.4. The Morgan fingerprint density at radius 3 is 2.15 bits per heavy atom. The summed E-state index contributed by atoms with van der Waals surface area (Å²) in [5.41, 5.74) is 3.16. The van der Waals surface area contributed by atoms with Crippen molar-refractivity contribution in [2.24, 2.45) is 5.92 Å². The molecule has 0 bridgehead atoms. The van der Waals surface area contributed by atoms with E-state index in [1.807, 2.05) is 51.1 Å². The summed E-state index contributed by atoms with van der Waals surface area (Å²) < 4.78 is 12.6. The number of aliphatic hydroxyl groups excluding tert-OH is 1. The number of likely N-dealkylation sites (tertiary alicyclic amines) is 1. The minimum atomic E-state index is -0.366. The van der Waals surface area contributed by atoms with Gasteiger partial charge in [-0.15, -0.1) is 0 Å². The molecule has 2 amide bonds. The predicted molar refractivity (Wildman–Crippen MR) is 152 cm³/mol. The highest BCUT2D eigenvalue weighted by atomic mass is 35.5. The number of piperazine rings is 1. The molecule has 3 aliphatic rings. The Balaban J connectivity index is 1.22. The smallest absolute Gasteiger partial charge is 0.253 e. The molecule has 2 aliphatic heterocycles. The minimum Gasteiger partial charge on any atom is -0.393 e. The third-order valence-electron chi connectivity index (χ3n) is 8.57. The maximum Gasteiger partial charge on any atom is 0.253 e. The first-order valence-corrected chi connectivity index (χ1v) is 14.7. The van der Waals surface area contributed by atoms with Crippen LogP contribution in [-0.2, 0) is 11.2 Å². The molecule has 5 rings (SSSR count). The van der Waals surface area contributed by atoms with Crippen molar-refractivity contribution >= 4 is 35.0 Å². The molecule has 2 aromatic rings. The summed E-state index contributed by atoms with van der Waals surface area (Å²) in [6.45, 7) is 3.36. The lowest BCUT2D eigenvalue weighted by molar-refractivity contribution is -0.133. The number of hydrogen-bond acceptors (Lipinski definition) is 4. The second-order valence-electron chi connectivity index (χ2n) is 11.0. The van der Waals surface area contributed by atoms with Gasteiger partial charge in [0, 0.05) is 66.8 Å². The fraction of sp³-hybridized carbons (Fsp3) is 0.533.